The number of rotatable bonds is 7. The van der Waals surface area contributed by atoms with Gasteiger partial charge in [0.1, 0.15) is 0 Å². The number of likely N-dealkylation sites (tertiary alicyclic amines) is 1. The zero-order valence-corrected chi connectivity index (χ0v) is 25.0. The largest absolute Gasteiger partial charge is 0.465 e. The van der Waals surface area contributed by atoms with E-state index in [1.807, 2.05) is 83.4 Å². The van der Waals surface area contributed by atoms with E-state index in [1.165, 1.54) is 4.90 Å². The lowest BCUT2D eigenvalue weighted by atomic mass is 9.90. The minimum atomic E-state index is -1.10. The van der Waals surface area contributed by atoms with E-state index in [4.69, 9.17) is 0 Å². The lowest BCUT2D eigenvalue weighted by Crippen LogP contribution is -2.57. The summed E-state index contributed by atoms with van der Waals surface area (Å²) >= 11 is 0. The van der Waals surface area contributed by atoms with E-state index in [0.717, 1.165) is 11.1 Å². The van der Waals surface area contributed by atoms with Gasteiger partial charge in [-0.15, -0.1) is 0 Å². The van der Waals surface area contributed by atoms with Gasteiger partial charge in [-0.05, 0) is 37.0 Å². The van der Waals surface area contributed by atoms with Gasteiger partial charge in [-0.1, -0.05) is 78.9 Å². The molecule has 1 atom stereocenters. The molecule has 0 aliphatic carbocycles. The van der Waals surface area contributed by atoms with Crippen LogP contribution < -0.4 is 0 Å². The first-order valence-electron chi connectivity index (χ1n) is 15.3. The Morgan fingerprint density at radius 2 is 1.40 bits per heavy atom. The zero-order valence-electron chi connectivity index (χ0n) is 25.0. The van der Waals surface area contributed by atoms with Gasteiger partial charge < -0.3 is 29.5 Å². The molecule has 3 heterocycles. The van der Waals surface area contributed by atoms with Crippen LogP contribution in [0.1, 0.15) is 39.3 Å². The number of nitrogens with zero attached hydrogens (tertiary/aromatic N) is 5. The maximum Gasteiger partial charge on any atom is 0.407 e. The first kappa shape index (κ1) is 30.1. The second kappa shape index (κ2) is 13.0. The van der Waals surface area contributed by atoms with Gasteiger partial charge in [0, 0.05) is 43.9 Å². The van der Waals surface area contributed by atoms with Crippen LogP contribution in [0.4, 0.5) is 4.79 Å². The highest BCUT2D eigenvalue weighted by Crippen LogP contribution is 2.31. The molecule has 0 radical (unpaired) electrons. The van der Waals surface area contributed by atoms with Gasteiger partial charge in [0.25, 0.3) is 11.8 Å². The number of piperidine rings is 1. The van der Waals surface area contributed by atoms with Crippen LogP contribution in [0.5, 0.6) is 0 Å². The van der Waals surface area contributed by atoms with Crippen molar-refractivity contribution in [2.24, 2.45) is 0 Å². The molecule has 0 spiro atoms. The number of imidazole rings is 1. The SMILES string of the molecule is O=C(O)N1CCN(C(=O)c2ncn(CC3(O)CCN(C(=O)c4ccccc4)CC3)c2-c2ccccc2)[C@H](Cc2ccccc2)C1. The van der Waals surface area contributed by atoms with E-state index in [1.54, 1.807) is 28.3 Å². The van der Waals surface area contributed by atoms with Crippen molar-refractivity contribution in [1.82, 2.24) is 24.3 Å². The number of carbonyl (C=O) groups excluding carboxylic acids is 2. The smallest absolute Gasteiger partial charge is 0.407 e. The summed E-state index contributed by atoms with van der Waals surface area (Å²) in [5.41, 5.74) is 2.21. The van der Waals surface area contributed by atoms with Crippen molar-refractivity contribution >= 4 is 17.9 Å². The molecule has 232 valence electrons. The van der Waals surface area contributed by atoms with Crippen LogP contribution in [0, 0.1) is 0 Å². The van der Waals surface area contributed by atoms with E-state index < -0.39 is 11.7 Å². The van der Waals surface area contributed by atoms with Gasteiger partial charge in [-0.3, -0.25) is 9.59 Å². The lowest BCUT2D eigenvalue weighted by molar-refractivity contribution is -0.0289. The Balaban J connectivity index is 1.25. The number of piperazine rings is 1. The maximum absolute atomic E-state index is 14.3. The molecule has 2 aliphatic rings. The predicted octanol–water partition coefficient (Wildman–Crippen LogP) is 4.26. The van der Waals surface area contributed by atoms with Crippen molar-refractivity contribution in [3.63, 3.8) is 0 Å². The monoisotopic (exact) mass is 607 g/mol. The first-order valence-corrected chi connectivity index (χ1v) is 15.3. The summed E-state index contributed by atoms with van der Waals surface area (Å²) in [4.78, 5) is 48.6. The molecule has 0 bridgehead atoms. The van der Waals surface area contributed by atoms with E-state index in [0.29, 0.717) is 43.6 Å². The zero-order chi connectivity index (χ0) is 31.4. The summed E-state index contributed by atoms with van der Waals surface area (Å²) < 4.78 is 1.84. The minimum Gasteiger partial charge on any atom is -0.465 e. The number of benzene rings is 3. The molecule has 3 amide bonds. The fourth-order valence-electron chi connectivity index (χ4n) is 6.42. The molecule has 0 unspecified atom stereocenters. The fraction of sp³-hybridized carbons (Fsp3) is 0.314. The molecule has 45 heavy (non-hydrogen) atoms. The van der Waals surface area contributed by atoms with Crippen molar-refractivity contribution in [3.05, 3.63) is 114 Å². The summed E-state index contributed by atoms with van der Waals surface area (Å²) in [6.07, 6.45) is 1.89. The predicted molar refractivity (Wildman–Crippen MR) is 169 cm³/mol. The third-order valence-corrected chi connectivity index (χ3v) is 8.88. The summed E-state index contributed by atoms with van der Waals surface area (Å²) in [5.74, 6) is -0.319. The highest BCUT2D eigenvalue weighted by atomic mass is 16.4. The molecule has 2 aliphatic heterocycles. The molecule has 4 aromatic rings. The van der Waals surface area contributed by atoms with Crippen LogP contribution in [-0.2, 0) is 13.0 Å². The van der Waals surface area contributed by atoms with Gasteiger partial charge in [-0.2, -0.15) is 0 Å². The van der Waals surface area contributed by atoms with E-state index in [2.05, 4.69) is 4.98 Å². The van der Waals surface area contributed by atoms with Gasteiger partial charge in [0.05, 0.1) is 30.2 Å². The summed E-state index contributed by atoms with van der Waals surface area (Å²) in [6, 6.07) is 28.1. The molecular formula is C35H37N5O5. The minimum absolute atomic E-state index is 0.0498. The Bertz CT molecular complexity index is 1630. The van der Waals surface area contributed by atoms with Crippen LogP contribution in [0.25, 0.3) is 11.3 Å². The standard InChI is InChI=1S/C35H37N5O5/c41-32(28-14-8-3-9-15-28)37-18-16-35(45,17-19-37)24-39-25-36-30(31(39)27-12-6-2-7-13-27)33(42)40-21-20-38(34(43)44)23-29(40)22-26-10-4-1-5-11-26/h1-15,25,29,45H,16-24H2,(H,43,44)/t29-/m1/s1. The van der Waals surface area contributed by atoms with Crippen molar-refractivity contribution < 1.29 is 24.6 Å². The second-order valence-electron chi connectivity index (χ2n) is 11.9. The summed E-state index contributed by atoms with van der Waals surface area (Å²) in [5, 5.41) is 21.4. The number of hydrogen-bond donors (Lipinski definition) is 2. The molecule has 2 fully saturated rings. The molecule has 2 saturated heterocycles. The van der Waals surface area contributed by atoms with E-state index in [9.17, 15) is 24.6 Å². The number of aromatic nitrogens is 2. The number of carbonyl (C=O) groups is 3. The van der Waals surface area contributed by atoms with Crippen LogP contribution in [0.2, 0.25) is 0 Å². The summed E-state index contributed by atoms with van der Waals surface area (Å²) in [7, 11) is 0. The Hall–Kier alpha value is -4.96. The Morgan fingerprint density at radius 1 is 0.778 bits per heavy atom. The maximum atomic E-state index is 14.3. The van der Waals surface area contributed by atoms with E-state index in [-0.39, 0.29) is 49.7 Å². The molecule has 10 heteroatoms. The van der Waals surface area contributed by atoms with Gasteiger partial charge in [0.15, 0.2) is 5.69 Å². The van der Waals surface area contributed by atoms with Crippen LogP contribution in [-0.4, -0.2) is 96.7 Å². The number of carboxylic acid groups (broad SMARTS) is 1. The van der Waals surface area contributed by atoms with Crippen molar-refractivity contribution in [2.45, 2.75) is 37.5 Å². The number of hydrogen-bond acceptors (Lipinski definition) is 5. The summed E-state index contributed by atoms with van der Waals surface area (Å²) in [6.45, 7) is 1.71. The number of aliphatic hydroxyl groups is 1. The highest BCUT2D eigenvalue weighted by molar-refractivity contribution is 5.98. The molecule has 10 nitrogen and oxygen atoms in total. The van der Waals surface area contributed by atoms with Crippen LogP contribution >= 0.6 is 0 Å². The average Bonchev–Trinajstić information content (AvgIpc) is 3.48. The number of amides is 3. The molecule has 1 aromatic heterocycles. The third kappa shape index (κ3) is 6.61. The Morgan fingerprint density at radius 3 is 2.04 bits per heavy atom. The molecule has 2 N–H and O–H groups in total. The van der Waals surface area contributed by atoms with Crippen molar-refractivity contribution in [1.29, 1.82) is 0 Å². The van der Waals surface area contributed by atoms with E-state index >= 15 is 0 Å². The highest BCUT2D eigenvalue weighted by Gasteiger charge is 2.38. The topological polar surface area (TPSA) is 119 Å². The lowest BCUT2D eigenvalue weighted by Gasteiger charge is -2.40. The van der Waals surface area contributed by atoms with Crippen LogP contribution in [0.3, 0.4) is 0 Å². The normalized spacial score (nSPS) is 18.1. The molecule has 0 saturated carbocycles. The van der Waals surface area contributed by atoms with Crippen molar-refractivity contribution in [3.8, 4) is 11.3 Å². The third-order valence-electron chi connectivity index (χ3n) is 8.88. The Kier molecular flexibility index (Phi) is 8.66. The van der Waals surface area contributed by atoms with Gasteiger partial charge in [-0.25, -0.2) is 9.78 Å². The molecule has 6 rings (SSSR count). The molecular weight excluding hydrogens is 570 g/mol. The van der Waals surface area contributed by atoms with Crippen LogP contribution in [0.15, 0.2) is 97.3 Å². The van der Waals surface area contributed by atoms with Gasteiger partial charge >= 0.3 is 6.09 Å². The molecule has 3 aromatic carbocycles. The van der Waals surface area contributed by atoms with Crippen molar-refractivity contribution in [2.75, 3.05) is 32.7 Å². The van der Waals surface area contributed by atoms with Gasteiger partial charge in [0.2, 0.25) is 0 Å². The fourth-order valence-corrected chi connectivity index (χ4v) is 6.42. The second-order valence-corrected chi connectivity index (χ2v) is 11.9. The first-order chi connectivity index (χ1) is 21.8. The quantitative estimate of drug-likeness (QED) is 0.324. The average molecular weight is 608 g/mol. The Labute approximate surface area is 262 Å².